The van der Waals surface area contributed by atoms with Crippen LogP contribution in [0.1, 0.15) is 19.3 Å². The highest BCUT2D eigenvalue weighted by atomic mass is 16.5. The van der Waals surface area contributed by atoms with Gasteiger partial charge in [-0.25, -0.2) is 4.98 Å². The van der Waals surface area contributed by atoms with Gasteiger partial charge in [0.1, 0.15) is 5.75 Å². The highest BCUT2D eigenvalue weighted by molar-refractivity contribution is 6.00. The van der Waals surface area contributed by atoms with E-state index in [9.17, 15) is 0 Å². The first kappa shape index (κ1) is 18.9. The number of benzene rings is 1. The largest absolute Gasteiger partial charge is 0.495 e. The van der Waals surface area contributed by atoms with E-state index < -0.39 is 0 Å². The van der Waals surface area contributed by atoms with Crippen LogP contribution in [-0.4, -0.2) is 45.3 Å². The number of nitrogens with one attached hydrogen (secondary N) is 2. The maximum Gasteiger partial charge on any atom is 0.181 e. The Balaban J connectivity index is 1.45. The maximum absolute atomic E-state index is 5.33. The summed E-state index contributed by atoms with van der Waals surface area (Å²) in [7, 11) is 1.64. The predicted molar refractivity (Wildman–Crippen MR) is 127 cm³/mol. The minimum atomic E-state index is 0.689. The third-order valence-corrected chi connectivity index (χ3v) is 6.30. The lowest BCUT2D eigenvalue weighted by Crippen LogP contribution is -2.29. The molecule has 5 heterocycles. The molecule has 4 aromatic heterocycles. The fraction of sp³-hybridized carbons (Fsp3) is 0.240. The maximum atomic E-state index is 5.33. The first-order valence-electron chi connectivity index (χ1n) is 11.0. The number of fused-ring (bicyclic) bond motifs is 2. The summed E-state index contributed by atoms with van der Waals surface area (Å²) in [6.07, 6.45) is 9.17. The molecule has 32 heavy (non-hydrogen) atoms. The summed E-state index contributed by atoms with van der Waals surface area (Å²) in [4.78, 5) is 14.9. The summed E-state index contributed by atoms with van der Waals surface area (Å²) in [5, 5.41) is 9.85. The normalized spacial score (nSPS) is 14.3. The van der Waals surface area contributed by atoms with Crippen molar-refractivity contribution in [2.75, 3.05) is 25.1 Å². The van der Waals surface area contributed by atoms with Crippen molar-refractivity contribution in [3.63, 3.8) is 0 Å². The van der Waals surface area contributed by atoms with Crippen LogP contribution >= 0.6 is 0 Å². The topological polar surface area (TPSA) is 82.7 Å². The minimum absolute atomic E-state index is 0.689. The number of hydrogen-bond donors (Lipinski definition) is 2. The number of rotatable bonds is 4. The van der Waals surface area contributed by atoms with Crippen molar-refractivity contribution < 1.29 is 4.74 Å². The van der Waals surface area contributed by atoms with Gasteiger partial charge in [-0.3, -0.25) is 10.1 Å². The van der Waals surface area contributed by atoms with Gasteiger partial charge in [-0.2, -0.15) is 5.10 Å². The second-order valence-electron chi connectivity index (χ2n) is 8.28. The predicted octanol–water partition coefficient (Wildman–Crippen LogP) is 5.17. The number of aromatic nitrogens is 5. The van der Waals surface area contributed by atoms with E-state index >= 15 is 0 Å². The van der Waals surface area contributed by atoms with Crippen LogP contribution in [0.4, 0.5) is 5.69 Å². The van der Waals surface area contributed by atoms with E-state index in [0.29, 0.717) is 5.65 Å². The van der Waals surface area contributed by atoms with Gasteiger partial charge < -0.3 is 14.6 Å². The molecule has 1 aromatic carbocycles. The Labute approximate surface area is 185 Å². The zero-order valence-corrected chi connectivity index (χ0v) is 17.9. The molecule has 7 nitrogen and oxygen atoms in total. The third kappa shape index (κ3) is 3.17. The van der Waals surface area contributed by atoms with E-state index in [1.807, 2.05) is 18.5 Å². The Morgan fingerprint density at radius 3 is 2.69 bits per heavy atom. The average molecular weight is 425 g/mol. The number of aromatic amines is 2. The summed E-state index contributed by atoms with van der Waals surface area (Å²) in [6.45, 7) is 2.24. The third-order valence-electron chi connectivity index (χ3n) is 6.30. The van der Waals surface area contributed by atoms with Crippen LogP contribution in [0.3, 0.4) is 0 Å². The summed E-state index contributed by atoms with van der Waals surface area (Å²) in [6, 6.07) is 12.8. The molecule has 0 amide bonds. The van der Waals surface area contributed by atoms with Gasteiger partial charge in [0.05, 0.1) is 24.7 Å². The van der Waals surface area contributed by atoms with Gasteiger partial charge >= 0.3 is 0 Å². The monoisotopic (exact) mass is 424 g/mol. The molecule has 0 unspecified atom stereocenters. The van der Waals surface area contributed by atoms with Crippen LogP contribution in [0.25, 0.3) is 44.5 Å². The summed E-state index contributed by atoms with van der Waals surface area (Å²) >= 11 is 0. The summed E-state index contributed by atoms with van der Waals surface area (Å²) < 4.78 is 5.33. The SMILES string of the molecule is COc1cncc(-c2cnc3n[nH]c(-c4cc5c(N6CCCCC6)cccc5[nH]4)c3c2)c1. The molecule has 0 saturated carbocycles. The first-order valence-corrected chi connectivity index (χ1v) is 11.0. The van der Waals surface area contributed by atoms with Crippen LogP contribution in [0.2, 0.25) is 0 Å². The molecule has 1 aliphatic rings. The van der Waals surface area contributed by atoms with Crippen LogP contribution in [0, 0.1) is 0 Å². The lowest BCUT2D eigenvalue weighted by Gasteiger charge is -2.29. The Morgan fingerprint density at radius 2 is 1.81 bits per heavy atom. The van der Waals surface area contributed by atoms with E-state index in [2.05, 4.69) is 60.4 Å². The number of pyridine rings is 2. The molecule has 2 N–H and O–H groups in total. The van der Waals surface area contributed by atoms with Crippen LogP contribution in [0.5, 0.6) is 5.75 Å². The quantitative estimate of drug-likeness (QED) is 0.416. The second-order valence-corrected chi connectivity index (χ2v) is 8.28. The first-order chi connectivity index (χ1) is 15.8. The van der Waals surface area contributed by atoms with Crippen molar-refractivity contribution in [1.82, 2.24) is 25.1 Å². The van der Waals surface area contributed by atoms with Crippen LogP contribution in [0.15, 0.2) is 55.0 Å². The minimum Gasteiger partial charge on any atom is -0.495 e. The van der Waals surface area contributed by atoms with E-state index in [-0.39, 0.29) is 0 Å². The lowest BCUT2D eigenvalue weighted by atomic mass is 10.1. The zero-order chi connectivity index (χ0) is 21.5. The number of methoxy groups -OCH3 is 1. The van der Waals surface area contributed by atoms with Crippen molar-refractivity contribution in [2.45, 2.75) is 19.3 Å². The highest BCUT2D eigenvalue weighted by Crippen LogP contribution is 2.35. The number of nitrogens with zero attached hydrogens (tertiary/aromatic N) is 4. The molecule has 0 bridgehead atoms. The molecule has 6 rings (SSSR count). The van der Waals surface area contributed by atoms with Gasteiger partial charge in [-0.05, 0) is 49.6 Å². The average Bonchev–Trinajstić information content (AvgIpc) is 3.48. The van der Waals surface area contributed by atoms with Crippen molar-refractivity contribution in [3.8, 4) is 28.3 Å². The van der Waals surface area contributed by atoms with Gasteiger partial charge in [-0.15, -0.1) is 0 Å². The molecule has 7 heteroatoms. The molecule has 1 fully saturated rings. The molecular formula is C25H24N6O. The van der Waals surface area contributed by atoms with Crippen molar-refractivity contribution in [1.29, 1.82) is 0 Å². The van der Waals surface area contributed by atoms with E-state index in [1.165, 1.54) is 30.3 Å². The molecule has 1 saturated heterocycles. The molecular weight excluding hydrogens is 400 g/mol. The van der Waals surface area contributed by atoms with Crippen molar-refractivity contribution in [2.24, 2.45) is 0 Å². The second kappa shape index (κ2) is 7.67. The van der Waals surface area contributed by atoms with Gasteiger partial charge in [-0.1, -0.05) is 6.07 Å². The molecule has 0 atom stereocenters. The Kier molecular flexibility index (Phi) is 4.52. The number of piperidine rings is 1. The van der Waals surface area contributed by atoms with Crippen molar-refractivity contribution >= 4 is 27.6 Å². The fourth-order valence-corrected chi connectivity index (χ4v) is 4.64. The van der Waals surface area contributed by atoms with E-state index in [4.69, 9.17) is 4.74 Å². The van der Waals surface area contributed by atoms with Gasteiger partial charge in [0, 0.05) is 58.6 Å². The molecule has 0 spiro atoms. The Bertz CT molecular complexity index is 1410. The molecule has 5 aromatic rings. The Morgan fingerprint density at radius 1 is 0.938 bits per heavy atom. The van der Waals surface area contributed by atoms with Gasteiger partial charge in [0.15, 0.2) is 5.65 Å². The molecule has 0 radical (unpaired) electrons. The molecule has 160 valence electrons. The summed E-state index contributed by atoms with van der Waals surface area (Å²) in [5.74, 6) is 0.718. The van der Waals surface area contributed by atoms with Gasteiger partial charge in [0.25, 0.3) is 0 Å². The van der Waals surface area contributed by atoms with Crippen LogP contribution < -0.4 is 9.64 Å². The molecule has 1 aliphatic heterocycles. The van der Waals surface area contributed by atoms with Gasteiger partial charge in [0.2, 0.25) is 0 Å². The smallest absolute Gasteiger partial charge is 0.181 e. The highest BCUT2D eigenvalue weighted by Gasteiger charge is 2.17. The number of hydrogen-bond acceptors (Lipinski definition) is 5. The van der Waals surface area contributed by atoms with Crippen molar-refractivity contribution in [3.05, 3.63) is 55.0 Å². The number of ether oxygens (including phenoxy) is 1. The van der Waals surface area contributed by atoms with E-state index in [0.717, 1.165) is 52.3 Å². The molecule has 0 aliphatic carbocycles. The zero-order valence-electron chi connectivity index (χ0n) is 17.9. The number of H-pyrrole nitrogens is 2. The standard InChI is InChI=1S/C25H24N6O/c1-32-18-10-16(13-26-15-18)17-11-20-24(29-30-25(20)27-14-17)22-12-19-21(28-22)6-5-7-23(19)31-8-3-2-4-9-31/h5-7,10-15,28H,2-4,8-9H2,1H3,(H,27,29,30). The Hall–Kier alpha value is -3.87. The fourth-order valence-electron chi connectivity index (χ4n) is 4.64. The lowest BCUT2D eigenvalue weighted by molar-refractivity contribution is 0.413. The summed E-state index contributed by atoms with van der Waals surface area (Å²) in [5.41, 5.74) is 6.99. The van der Waals surface area contributed by atoms with Crippen LogP contribution in [-0.2, 0) is 0 Å². The van der Waals surface area contributed by atoms with E-state index in [1.54, 1.807) is 13.3 Å². The number of anilines is 1.